The van der Waals surface area contributed by atoms with Gasteiger partial charge in [-0.3, -0.25) is 0 Å². The van der Waals surface area contributed by atoms with Gasteiger partial charge in [0.25, 0.3) is 0 Å². The Morgan fingerprint density at radius 3 is 2.31 bits per heavy atom. The molecule has 0 radical (unpaired) electrons. The van der Waals surface area contributed by atoms with E-state index in [4.69, 9.17) is 18.9 Å². The van der Waals surface area contributed by atoms with E-state index in [2.05, 4.69) is 10.8 Å². The van der Waals surface area contributed by atoms with Crippen LogP contribution in [0.4, 0.5) is 17.6 Å². The molecule has 2 aliphatic heterocycles. The summed E-state index contributed by atoms with van der Waals surface area (Å²) in [5.74, 6) is -1.60. The number of alkyl halides is 3. The highest BCUT2D eigenvalue weighted by Crippen LogP contribution is 2.32. The van der Waals surface area contributed by atoms with E-state index in [1.165, 1.54) is 6.07 Å². The number of hydrogen-bond acceptors (Lipinski definition) is 5. The molecule has 0 unspecified atom stereocenters. The van der Waals surface area contributed by atoms with E-state index >= 15 is 0 Å². The number of rotatable bonds is 6. The van der Waals surface area contributed by atoms with Crippen molar-refractivity contribution in [1.29, 1.82) is 0 Å². The molecule has 0 aliphatic carbocycles. The van der Waals surface area contributed by atoms with Crippen LogP contribution in [-0.4, -0.2) is 39.1 Å². The van der Waals surface area contributed by atoms with Crippen LogP contribution in [0, 0.1) is 17.7 Å². The first-order chi connectivity index (χ1) is 13.8. The summed E-state index contributed by atoms with van der Waals surface area (Å²) in [7, 11) is 0. The number of benzene rings is 1. The Kier molecular flexibility index (Phi) is 7.50. The van der Waals surface area contributed by atoms with Gasteiger partial charge in [0.15, 0.2) is 24.1 Å². The van der Waals surface area contributed by atoms with Gasteiger partial charge in [-0.25, -0.2) is 4.39 Å². The summed E-state index contributed by atoms with van der Waals surface area (Å²) in [6, 6.07) is 3.13. The third-order valence-corrected chi connectivity index (χ3v) is 4.69. The fourth-order valence-electron chi connectivity index (χ4n) is 3.25. The van der Waals surface area contributed by atoms with E-state index in [9.17, 15) is 17.6 Å². The Bertz CT molecular complexity index is 678. The van der Waals surface area contributed by atoms with E-state index in [0.29, 0.717) is 38.4 Å². The first kappa shape index (κ1) is 22.0. The summed E-state index contributed by atoms with van der Waals surface area (Å²) in [6.45, 7) is 4.01. The number of halogens is 4. The molecule has 162 valence electrons. The van der Waals surface area contributed by atoms with Crippen molar-refractivity contribution in [3.8, 4) is 5.75 Å². The zero-order valence-corrected chi connectivity index (χ0v) is 16.0. The molecule has 0 aromatic heterocycles. The van der Waals surface area contributed by atoms with Gasteiger partial charge in [0.2, 0.25) is 0 Å². The van der Waals surface area contributed by atoms with Crippen molar-refractivity contribution in [2.45, 2.75) is 38.7 Å². The molecule has 2 aliphatic rings. The fourth-order valence-corrected chi connectivity index (χ4v) is 3.25. The van der Waals surface area contributed by atoms with E-state index in [0.717, 1.165) is 18.6 Å². The lowest BCUT2D eigenvalue weighted by atomic mass is 10.0. The molecule has 3 rings (SSSR count). The molecule has 9 heteroatoms. The minimum absolute atomic E-state index is 0.129. The average Bonchev–Trinajstić information content (AvgIpc) is 2.69. The molecule has 5 nitrogen and oxygen atoms in total. The lowest BCUT2D eigenvalue weighted by molar-refractivity contribution is -0.275. The van der Waals surface area contributed by atoms with Gasteiger partial charge in [-0.15, -0.1) is 13.2 Å². The van der Waals surface area contributed by atoms with Crippen LogP contribution in [0.2, 0.25) is 0 Å². The van der Waals surface area contributed by atoms with Crippen LogP contribution < -0.4 is 4.74 Å². The van der Waals surface area contributed by atoms with Crippen LogP contribution in [0.25, 0.3) is 0 Å². The van der Waals surface area contributed by atoms with E-state index in [-0.39, 0.29) is 18.1 Å². The van der Waals surface area contributed by atoms with Crippen molar-refractivity contribution in [3.63, 3.8) is 0 Å². The molecule has 0 N–H and O–H groups in total. The highest BCUT2D eigenvalue weighted by molar-refractivity contribution is 5.30. The van der Waals surface area contributed by atoms with Crippen molar-refractivity contribution in [1.82, 2.24) is 0 Å². The van der Waals surface area contributed by atoms with Gasteiger partial charge in [-0.2, -0.15) is 0 Å². The number of allylic oxidation sites excluding steroid dienone is 1. The maximum Gasteiger partial charge on any atom is 0.573 e. The first-order valence-corrected chi connectivity index (χ1v) is 9.48. The summed E-state index contributed by atoms with van der Waals surface area (Å²) in [6.07, 6.45) is -0.500. The molecule has 29 heavy (non-hydrogen) atoms. The predicted octanol–water partition coefficient (Wildman–Crippen LogP) is 4.73. The summed E-state index contributed by atoms with van der Waals surface area (Å²) in [5.41, 5.74) is 0.296. The highest BCUT2D eigenvalue weighted by Gasteiger charge is 2.33. The lowest BCUT2D eigenvalue weighted by Gasteiger charge is -2.32. The monoisotopic (exact) mass is 420 g/mol. The second-order valence-electron chi connectivity index (χ2n) is 7.06. The maximum absolute atomic E-state index is 13.8. The van der Waals surface area contributed by atoms with Crippen LogP contribution in [0.3, 0.4) is 0 Å². The van der Waals surface area contributed by atoms with Crippen LogP contribution in [-0.2, 0) is 18.9 Å². The molecule has 2 heterocycles. The largest absolute Gasteiger partial charge is 0.573 e. The fraction of sp³-hybridized carbons (Fsp3) is 0.600. The van der Waals surface area contributed by atoms with Gasteiger partial charge in [-0.1, -0.05) is 18.2 Å². The molecule has 2 fully saturated rings. The molecule has 1 aromatic rings. The second-order valence-corrected chi connectivity index (χ2v) is 7.06. The van der Waals surface area contributed by atoms with Crippen molar-refractivity contribution in [2.24, 2.45) is 11.8 Å². The summed E-state index contributed by atoms with van der Waals surface area (Å²) < 4.78 is 76.8. The Labute approximate surface area is 166 Å². The lowest BCUT2D eigenvalue weighted by Crippen LogP contribution is -2.33. The Morgan fingerprint density at radius 2 is 1.72 bits per heavy atom. The van der Waals surface area contributed by atoms with Gasteiger partial charge in [0.1, 0.15) is 0 Å². The zero-order valence-electron chi connectivity index (χ0n) is 16.0. The standard InChI is InChI=1S/C20H24F4O5/c1-2-3-13-9-25-18(26-10-13)7-4-14-11-27-19(28-12-14)15-5-6-17(16(21)8-15)29-20(22,23)24/h2-3,5-6,8,13-14,18-19H,4,7,9-12H2,1H3. The van der Waals surface area contributed by atoms with E-state index in [1.54, 1.807) is 0 Å². The summed E-state index contributed by atoms with van der Waals surface area (Å²) in [5, 5.41) is 0. The van der Waals surface area contributed by atoms with Crippen molar-refractivity contribution in [3.05, 3.63) is 41.7 Å². The van der Waals surface area contributed by atoms with Gasteiger partial charge < -0.3 is 23.7 Å². The third kappa shape index (κ3) is 6.67. The van der Waals surface area contributed by atoms with Crippen LogP contribution >= 0.6 is 0 Å². The quantitative estimate of drug-likeness (QED) is 0.492. The van der Waals surface area contributed by atoms with E-state index < -0.39 is 24.2 Å². The van der Waals surface area contributed by atoms with Crippen LogP contribution in [0.1, 0.15) is 31.6 Å². The normalized spacial score (nSPS) is 28.6. The minimum Gasteiger partial charge on any atom is -0.403 e. The SMILES string of the molecule is CC=CC1COC(CCC2COC(c3ccc(OC(F)(F)F)c(F)c3)OC2)OC1. The Balaban J connectivity index is 1.42. The molecular weight excluding hydrogens is 396 g/mol. The molecule has 1 aromatic carbocycles. The van der Waals surface area contributed by atoms with Crippen molar-refractivity contribution >= 4 is 0 Å². The number of ether oxygens (including phenoxy) is 5. The third-order valence-electron chi connectivity index (χ3n) is 4.69. The Hall–Kier alpha value is -1.68. The summed E-state index contributed by atoms with van der Waals surface area (Å²) >= 11 is 0. The zero-order chi connectivity index (χ0) is 20.9. The van der Waals surface area contributed by atoms with Gasteiger partial charge in [0, 0.05) is 17.4 Å². The maximum atomic E-state index is 13.8. The molecule has 0 spiro atoms. The molecule has 0 amide bonds. The molecule has 0 saturated carbocycles. The van der Waals surface area contributed by atoms with Crippen molar-refractivity contribution in [2.75, 3.05) is 26.4 Å². The first-order valence-electron chi connectivity index (χ1n) is 9.48. The summed E-state index contributed by atoms with van der Waals surface area (Å²) in [4.78, 5) is 0. The van der Waals surface area contributed by atoms with E-state index in [1.807, 2.05) is 13.0 Å². The van der Waals surface area contributed by atoms with Gasteiger partial charge in [-0.05, 0) is 31.9 Å². The molecule has 0 atom stereocenters. The van der Waals surface area contributed by atoms with Gasteiger partial charge in [0.05, 0.1) is 26.4 Å². The van der Waals surface area contributed by atoms with Gasteiger partial charge >= 0.3 is 6.36 Å². The topological polar surface area (TPSA) is 46.2 Å². The highest BCUT2D eigenvalue weighted by atomic mass is 19.4. The smallest absolute Gasteiger partial charge is 0.403 e. The molecule has 0 bridgehead atoms. The minimum atomic E-state index is -4.95. The molecular formula is C20H24F4O5. The Morgan fingerprint density at radius 1 is 1.03 bits per heavy atom. The molecule has 2 saturated heterocycles. The van der Waals surface area contributed by atoms with Crippen molar-refractivity contribution < 1.29 is 41.2 Å². The predicted molar refractivity (Wildman–Crippen MR) is 94.4 cm³/mol. The second kappa shape index (κ2) is 9.88. The number of hydrogen-bond donors (Lipinski definition) is 0. The van der Waals surface area contributed by atoms with Crippen LogP contribution in [0.5, 0.6) is 5.75 Å². The average molecular weight is 420 g/mol. The van der Waals surface area contributed by atoms with Crippen LogP contribution in [0.15, 0.2) is 30.4 Å².